The molecule has 3 rings (SSSR count). The van der Waals surface area contributed by atoms with Crippen LogP contribution in [-0.4, -0.2) is 23.8 Å². The van der Waals surface area contributed by atoms with E-state index in [9.17, 15) is 9.90 Å². The van der Waals surface area contributed by atoms with E-state index >= 15 is 0 Å². The van der Waals surface area contributed by atoms with Gasteiger partial charge in [-0.1, -0.05) is 67.6 Å². The molecule has 150 valence electrons. The zero-order valence-electron chi connectivity index (χ0n) is 16.7. The highest BCUT2D eigenvalue weighted by Gasteiger charge is 2.11. The number of nitrogens with zero attached hydrogens (tertiary/aromatic N) is 1. The molecular formula is C23H24N2O3S. The second kappa shape index (κ2) is 9.39. The largest absolute Gasteiger partial charge is 0.499 e. The summed E-state index contributed by atoms with van der Waals surface area (Å²) in [7, 11) is 0. The van der Waals surface area contributed by atoms with Crippen LogP contribution in [0.15, 0.2) is 59.7 Å². The molecule has 0 unspecified atom stereocenters. The first kappa shape index (κ1) is 20.6. The molecule has 0 radical (unpaired) electrons. The van der Waals surface area contributed by atoms with Gasteiger partial charge >= 0.3 is 0 Å². The minimum Gasteiger partial charge on any atom is -0.499 e. The van der Waals surface area contributed by atoms with Gasteiger partial charge in [-0.15, -0.1) is 0 Å². The first-order valence-electron chi connectivity index (χ1n) is 9.37. The van der Waals surface area contributed by atoms with Gasteiger partial charge in [0.25, 0.3) is 5.91 Å². The number of carbonyl (C=O) groups excluding carboxylic acids is 1. The van der Waals surface area contributed by atoms with Gasteiger partial charge in [0.1, 0.15) is 5.75 Å². The lowest BCUT2D eigenvalue weighted by Gasteiger charge is -2.14. The van der Waals surface area contributed by atoms with Gasteiger partial charge in [-0.25, -0.2) is 5.43 Å². The molecule has 3 aromatic rings. The minimum absolute atomic E-state index is 0.134. The summed E-state index contributed by atoms with van der Waals surface area (Å²) in [4.78, 5) is 13.0. The molecule has 6 heteroatoms. The summed E-state index contributed by atoms with van der Waals surface area (Å²) in [5, 5.41) is 14.2. The van der Waals surface area contributed by atoms with Crippen LogP contribution in [0, 0.1) is 6.92 Å². The predicted molar refractivity (Wildman–Crippen MR) is 118 cm³/mol. The SMILES string of the molecule is Cc1ccc(C(C)C)c(OCC(=O)N/N=C/c2cc(-c3ccccc3)sc2O)c1. The Kier molecular flexibility index (Phi) is 6.67. The van der Waals surface area contributed by atoms with E-state index in [1.807, 2.05) is 61.5 Å². The Labute approximate surface area is 174 Å². The van der Waals surface area contributed by atoms with Gasteiger partial charge in [0.2, 0.25) is 0 Å². The molecule has 1 aromatic heterocycles. The Hall–Kier alpha value is -3.12. The van der Waals surface area contributed by atoms with E-state index in [-0.39, 0.29) is 17.6 Å². The van der Waals surface area contributed by atoms with Crippen LogP contribution in [0.2, 0.25) is 0 Å². The lowest BCUT2D eigenvalue weighted by atomic mass is 10.0. The van der Waals surface area contributed by atoms with Crippen LogP contribution in [0.25, 0.3) is 10.4 Å². The molecule has 0 saturated heterocycles. The Bertz CT molecular complexity index is 1010. The van der Waals surface area contributed by atoms with Crippen molar-refractivity contribution in [3.63, 3.8) is 0 Å². The van der Waals surface area contributed by atoms with Crippen LogP contribution in [0.5, 0.6) is 10.8 Å². The smallest absolute Gasteiger partial charge is 0.277 e. The standard InChI is InChI=1S/C23H24N2O3S/c1-15(2)19-10-9-16(3)11-20(19)28-14-22(26)25-24-13-18-12-21(29-23(18)27)17-7-5-4-6-8-17/h4-13,15,27H,14H2,1-3H3,(H,25,26)/b24-13+. The number of hydrazone groups is 1. The second-order valence-electron chi connectivity index (χ2n) is 7.02. The van der Waals surface area contributed by atoms with Crippen LogP contribution in [0.4, 0.5) is 0 Å². The number of aryl methyl sites for hydroxylation is 1. The average molecular weight is 409 g/mol. The summed E-state index contributed by atoms with van der Waals surface area (Å²) in [6, 6.07) is 17.6. The molecule has 2 aromatic carbocycles. The second-order valence-corrected chi connectivity index (χ2v) is 8.05. The molecule has 0 bridgehead atoms. The molecule has 0 aliphatic carbocycles. The van der Waals surface area contributed by atoms with Crippen molar-refractivity contribution in [3.05, 3.63) is 71.3 Å². The van der Waals surface area contributed by atoms with Gasteiger partial charge in [-0.2, -0.15) is 5.10 Å². The third kappa shape index (κ3) is 5.45. The molecule has 2 N–H and O–H groups in total. The summed E-state index contributed by atoms with van der Waals surface area (Å²) < 4.78 is 5.70. The van der Waals surface area contributed by atoms with E-state index < -0.39 is 0 Å². The van der Waals surface area contributed by atoms with E-state index in [0.717, 1.165) is 21.6 Å². The lowest BCUT2D eigenvalue weighted by Crippen LogP contribution is -2.24. The average Bonchev–Trinajstić information content (AvgIpc) is 3.07. The van der Waals surface area contributed by atoms with Crippen LogP contribution >= 0.6 is 11.3 Å². The van der Waals surface area contributed by atoms with Crippen LogP contribution < -0.4 is 10.2 Å². The first-order chi connectivity index (χ1) is 13.9. The van der Waals surface area contributed by atoms with Gasteiger partial charge in [0.15, 0.2) is 11.7 Å². The van der Waals surface area contributed by atoms with Crippen molar-refractivity contribution in [1.82, 2.24) is 5.43 Å². The fraction of sp³-hybridized carbons (Fsp3) is 0.217. The summed E-state index contributed by atoms with van der Waals surface area (Å²) in [5.74, 6) is 0.643. The van der Waals surface area contributed by atoms with E-state index in [4.69, 9.17) is 4.74 Å². The minimum atomic E-state index is -0.365. The van der Waals surface area contributed by atoms with E-state index in [1.165, 1.54) is 17.6 Å². The molecule has 29 heavy (non-hydrogen) atoms. The Morgan fingerprint density at radius 1 is 1.21 bits per heavy atom. The maximum absolute atomic E-state index is 12.1. The van der Waals surface area contributed by atoms with E-state index in [1.54, 1.807) is 0 Å². The highest BCUT2D eigenvalue weighted by molar-refractivity contribution is 7.17. The number of hydrogen-bond acceptors (Lipinski definition) is 5. The molecule has 0 atom stereocenters. The topological polar surface area (TPSA) is 70.9 Å². The summed E-state index contributed by atoms with van der Waals surface area (Å²) >= 11 is 1.27. The predicted octanol–water partition coefficient (Wildman–Crippen LogP) is 5.08. The lowest BCUT2D eigenvalue weighted by molar-refractivity contribution is -0.123. The third-order valence-corrected chi connectivity index (χ3v) is 5.34. The number of rotatable bonds is 7. The van der Waals surface area contributed by atoms with Crippen LogP contribution in [0.3, 0.4) is 0 Å². The molecule has 0 spiro atoms. The monoisotopic (exact) mass is 408 g/mol. The fourth-order valence-corrected chi connectivity index (χ4v) is 3.70. The normalized spacial score (nSPS) is 11.2. The molecule has 0 saturated carbocycles. The van der Waals surface area contributed by atoms with Crippen molar-refractivity contribution in [1.29, 1.82) is 0 Å². The fourth-order valence-electron chi connectivity index (χ4n) is 2.83. The molecule has 1 amide bonds. The molecular weight excluding hydrogens is 384 g/mol. The zero-order chi connectivity index (χ0) is 20.8. The maximum atomic E-state index is 12.1. The summed E-state index contributed by atoms with van der Waals surface area (Å²) in [5.41, 5.74) is 6.14. The van der Waals surface area contributed by atoms with Gasteiger partial charge in [-0.05, 0) is 41.7 Å². The molecule has 0 aliphatic rings. The van der Waals surface area contributed by atoms with Crippen molar-refractivity contribution in [3.8, 4) is 21.3 Å². The van der Waals surface area contributed by atoms with Crippen LogP contribution in [-0.2, 0) is 4.79 Å². The quantitative estimate of drug-likeness (QED) is 0.423. The maximum Gasteiger partial charge on any atom is 0.277 e. The van der Waals surface area contributed by atoms with Crippen molar-refractivity contribution >= 4 is 23.5 Å². The van der Waals surface area contributed by atoms with E-state index in [0.29, 0.717) is 17.2 Å². The Morgan fingerprint density at radius 3 is 2.69 bits per heavy atom. The van der Waals surface area contributed by atoms with Gasteiger partial charge < -0.3 is 9.84 Å². The molecule has 0 fully saturated rings. The highest BCUT2D eigenvalue weighted by atomic mass is 32.1. The molecule has 0 aliphatic heterocycles. The van der Waals surface area contributed by atoms with Crippen LogP contribution in [0.1, 0.15) is 36.5 Å². The van der Waals surface area contributed by atoms with Crippen molar-refractivity contribution in [2.75, 3.05) is 6.61 Å². The van der Waals surface area contributed by atoms with Gasteiger partial charge in [-0.3, -0.25) is 4.79 Å². The number of amides is 1. The zero-order valence-corrected chi connectivity index (χ0v) is 17.5. The summed E-state index contributed by atoms with van der Waals surface area (Å²) in [6.07, 6.45) is 1.43. The Morgan fingerprint density at radius 2 is 1.97 bits per heavy atom. The van der Waals surface area contributed by atoms with Crippen molar-refractivity contribution < 1.29 is 14.6 Å². The van der Waals surface area contributed by atoms with Gasteiger partial charge in [0.05, 0.1) is 6.21 Å². The number of thiophene rings is 1. The number of hydrogen-bond donors (Lipinski definition) is 2. The molecule has 1 heterocycles. The first-order valence-corrected chi connectivity index (χ1v) is 10.2. The third-order valence-electron chi connectivity index (χ3n) is 4.34. The van der Waals surface area contributed by atoms with Gasteiger partial charge in [0, 0.05) is 10.4 Å². The molecule has 5 nitrogen and oxygen atoms in total. The number of aromatic hydroxyl groups is 1. The van der Waals surface area contributed by atoms with E-state index in [2.05, 4.69) is 24.4 Å². The number of carbonyl (C=O) groups is 1. The Balaban J connectivity index is 1.58. The number of nitrogens with one attached hydrogen (secondary N) is 1. The van der Waals surface area contributed by atoms with Crippen molar-refractivity contribution in [2.45, 2.75) is 26.7 Å². The van der Waals surface area contributed by atoms with Crippen molar-refractivity contribution in [2.24, 2.45) is 5.10 Å². The summed E-state index contributed by atoms with van der Waals surface area (Å²) in [6.45, 7) is 6.02. The number of benzene rings is 2. The highest BCUT2D eigenvalue weighted by Crippen LogP contribution is 2.35. The number of ether oxygens (including phenoxy) is 1.